The lowest BCUT2D eigenvalue weighted by molar-refractivity contribution is -0.122. The molecule has 0 saturated carbocycles. The van der Waals surface area contributed by atoms with Crippen molar-refractivity contribution in [2.75, 3.05) is 19.6 Å². The average Bonchev–Trinajstić information content (AvgIpc) is 3.12. The Morgan fingerprint density at radius 3 is 2.85 bits per heavy atom. The maximum Gasteiger partial charge on any atom is 0.234 e. The molecule has 1 amide bonds. The lowest BCUT2D eigenvalue weighted by Crippen LogP contribution is -2.42. The van der Waals surface area contributed by atoms with Crippen LogP contribution in [-0.4, -0.2) is 40.4 Å². The van der Waals surface area contributed by atoms with Crippen molar-refractivity contribution in [1.29, 1.82) is 0 Å². The van der Waals surface area contributed by atoms with Gasteiger partial charge in [-0.3, -0.25) is 9.69 Å². The zero-order valence-electron chi connectivity index (χ0n) is 15.7. The third-order valence-electron chi connectivity index (χ3n) is 5.28. The summed E-state index contributed by atoms with van der Waals surface area (Å²) >= 11 is 0. The van der Waals surface area contributed by atoms with Gasteiger partial charge < -0.3 is 10.3 Å². The van der Waals surface area contributed by atoms with Crippen LogP contribution in [0.5, 0.6) is 0 Å². The largest absolute Gasteiger partial charge is 0.351 e. The number of para-hydroxylation sites is 2. The number of piperidine rings is 1. The summed E-state index contributed by atoms with van der Waals surface area (Å²) in [7, 11) is 0. The maximum absolute atomic E-state index is 12.4. The molecule has 4 rings (SSSR count). The molecule has 140 valence electrons. The Kier molecular flexibility index (Phi) is 5.21. The summed E-state index contributed by atoms with van der Waals surface area (Å²) in [6, 6.07) is 16.4. The number of nitrogens with zero attached hydrogens (tertiary/aromatic N) is 2. The molecule has 0 unspecified atom stereocenters. The highest BCUT2D eigenvalue weighted by Crippen LogP contribution is 2.26. The molecule has 27 heavy (non-hydrogen) atoms. The minimum atomic E-state index is 0.0841. The number of H-pyrrole nitrogens is 1. The number of hydrogen-bond donors (Lipinski definition) is 2. The Morgan fingerprint density at radius 1 is 1.22 bits per heavy atom. The molecule has 2 heterocycles. The molecule has 0 radical (unpaired) electrons. The van der Waals surface area contributed by atoms with Crippen LogP contribution in [0.1, 0.15) is 35.7 Å². The molecule has 1 aliphatic rings. The fraction of sp³-hybridized carbons (Fsp3) is 0.364. The van der Waals surface area contributed by atoms with Crippen molar-refractivity contribution in [3.05, 3.63) is 65.5 Å². The Morgan fingerprint density at radius 2 is 2.04 bits per heavy atom. The number of hydrogen-bond acceptors (Lipinski definition) is 3. The number of aromatic nitrogens is 2. The molecule has 0 aliphatic carbocycles. The van der Waals surface area contributed by atoms with E-state index in [4.69, 9.17) is 4.98 Å². The van der Waals surface area contributed by atoms with Crippen LogP contribution in [0.15, 0.2) is 48.5 Å². The lowest BCUT2D eigenvalue weighted by Gasteiger charge is -2.31. The van der Waals surface area contributed by atoms with Gasteiger partial charge >= 0.3 is 0 Å². The molecule has 3 aromatic rings. The van der Waals surface area contributed by atoms with Gasteiger partial charge in [0.05, 0.1) is 17.6 Å². The van der Waals surface area contributed by atoms with E-state index in [1.807, 2.05) is 18.2 Å². The van der Waals surface area contributed by atoms with Gasteiger partial charge in [-0.2, -0.15) is 0 Å². The van der Waals surface area contributed by atoms with Crippen molar-refractivity contribution in [2.45, 2.75) is 32.2 Å². The Bertz CT molecular complexity index is 882. The van der Waals surface area contributed by atoms with Gasteiger partial charge in [0.1, 0.15) is 5.82 Å². The molecule has 0 spiro atoms. The highest BCUT2D eigenvalue weighted by Gasteiger charge is 2.25. The zero-order chi connectivity index (χ0) is 18.6. The second-order valence-corrected chi connectivity index (χ2v) is 7.48. The molecule has 1 fully saturated rings. The normalized spacial score (nSPS) is 17.9. The van der Waals surface area contributed by atoms with Gasteiger partial charge in [0.2, 0.25) is 5.91 Å². The minimum Gasteiger partial charge on any atom is -0.351 e. The summed E-state index contributed by atoms with van der Waals surface area (Å²) in [5.41, 5.74) is 4.46. The van der Waals surface area contributed by atoms with Gasteiger partial charge in [0, 0.05) is 19.0 Å². The Hall–Kier alpha value is -2.66. The predicted octanol–water partition coefficient (Wildman–Crippen LogP) is 3.37. The molecule has 1 saturated heterocycles. The van der Waals surface area contributed by atoms with E-state index in [1.165, 1.54) is 5.56 Å². The zero-order valence-corrected chi connectivity index (χ0v) is 15.7. The van der Waals surface area contributed by atoms with Crippen molar-refractivity contribution in [3.8, 4) is 0 Å². The van der Waals surface area contributed by atoms with Gasteiger partial charge in [-0.15, -0.1) is 0 Å². The van der Waals surface area contributed by atoms with Crippen molar-refractivity contribution in [3.63, 3.8) is 0 Å². The molecular weight excluding hydrogens is 336 g/mol. The number of amides is 1. The highest BCUT2D eigenvalue weighted by molar-refractivity contribution is 5.78. The predicted molar refractivity (Wildman–Crippen MR) is 108 cm³/mol. The highest BCUT2D eigenvalue weighted by atomic mass is 16.2. The number of rotatable bonds is 5. The first-order chi connectivity index (χ1) is 13.2. The van der Waals surface area contributed by atoms with Crippen molar-refractivity contribution < 1.29 is 4.79 Å². The van der Waals surface area contributed by atoms with E-state index < -0.39 is 0 Å². The summed E-state index contributed by atoms with van der Waals surface area (Å²) in [6.45, 7) is 4.94. The van der Waals surface area contributed by atoms with Crippen molar-refractivity contribution in [2.24, 2.45) is 0 Å². The smallest absolute Gasteiger partial charge is 0.234 e. The van der Waals surface area contributed by atoms with Gasteiger partial charge in [-0.25, -0.2) is 4.98 Å². The summed E-state index contributed by atoms with van der Waals surface area (Å²) in [5, 5.41) is 3.04. The number of carbonyl (C=O) groups excluding carboxylic acids is 1. The summed E-state index contributed by atoms with van der Waals surface area (Å²) < 4.78 is 0. The van der Waals surface area contributed by atoms with Crippen LogP contribution in [0.2, 0.25) is 0 Å². The van der Waals surface area contributed by atoms with Crippen LogP contribution in [0, 0.1) is 6.92 Å². The van der Waals surface area contributed by atoms with E-state index in [0.29, 0.717) is 19.0 Å². The van der Waals surface area contributed by atoms with Crippen LogP contribution in [0.25, 0.3) is 11.0 Å². The van der Waals surface area contributed by atoms with Crippen LogP contribution in [-0.2, 0) is 11.3 Å². The molecular formula is C22H26N4O. The minimum absolute atomic E-state index is 0.0841. The monoisotopic (exact) mass is 362 g/mol. The van der Waals surface area contributed by atoms with E-state index in [9.17, 15) is 4.79 Å². The first-order valence-corrected chi connectivity index (χ1v) is 9.66. The maximum atomic E-state index is 12.4. The average molecular weight is 362 g/mol. The number of nitrogens with one attached hydrogen (secondary N) is 2. The Balaban J connectivity index is 1.32. The molecule has 1 atom stereocenters. The molecule has 5 heteroatoms. The third-order valence-corrected chi connectivity index (χ3v) is 5.28. The summed E-state index contributed by atoms with van der Waals surface area (Å²) in [4.78, 5) is 22.8. The van der Waals surface area contributed by atoms with E-state index in [-0.39, 0.29) is 5.91 Å². The van der Waals surface area contributed by atoms with Crippen LogP contribution >= 0.6 is 0 Å². The van der Waals surface area contributed by atoms with E-state index in [1.54, 1.807) is 0 Å². The topological polar surface area (TPSA) is 61.0 Å². The second kappa shape index (κ2) is 7.92. The van der Waals surface area contributed by atoms with Crippen molar-refractivity contribution >= 4 is 16.9 Å². The fourth-order valence-electron chi connectivity index (χ4n) is 3.75. The summed E-state index contributed by atoms with van der Waals surface area (Å²) in [5.74, 6) is 1.48. The second-order valence-electron chi connectivity index (χ2n) is 7.48. The fourth-order valence-corrected chi connectivity index (χ4v) is 3.75. The lowest BCUT2D eigenvalue weighted by atomic mass is 9.97. The van der Waals surface area contributed by atoms with Gasteiger partial charge in [0.15, 0.2) is 0 Å². The first kappa shape index (κ1) is 17.7. The molecule has 1 aliphatic heterocycles. The van der Waals surface area contributed by atoms with Crippen LogP contribution < -0.4 is 5.32 Å². The number of aryl methyl sites for hydroxylation is 1. The summed E-state index contributed by atoms with van der Waals surface area (Å²) in [6.07, 6.45) is 2.20. The van der Waals surface area contributed by atoms with Gasteiger partial charge in [-0.05, 0) is 44.0 Å². The standard InChI is InChI=1S/C22H26N4O/c1-16-8-10-17(11-9-16)13-23-21(27)15-26-12-4-5-18(14-26)22-24-19-6-2-3-7-20(19)25-22/h2-3,6-11,18H,4-5,12-15H2,1H3,(H,23,27)(H,24,25)/t18-/m0/s1. The molecule has 1 aromatic heterocycles. The number of fused-ring (bicyclic) bond motifs is 1. The van der Waals surface area contributed by atoms with E-state index >= 15 is 0 Å². The van der Waals surface area contributed by atoms with E-state index in [0.717, 1.165) is 48.4 Å². The van der Waals surface area contributed by atoms with Crippen LogP contribution in [0.4, 0.5) is 0 Å². The number of aromatic amines is 1. The number of carbonyl (C=O) groups is 1. The number of imidazole rings is 1. The molecule has 2 aromatic carbocycles. The van der Waals surface area contributed by atoms with Crippen molar-refractivity contribution in [1.82, 2.24) is 20.2 Å². The first-order valence-electron chi connectivity index (χ1n) is 9.66. The SMILES string of the molecule is Cc1ccc(CNC(=O)CN2CCC[C@H](c3nc4ccccc4[nH]3)C2)cc1. The molecule has 2 N–H and O–H groups in total. The molecule has 0 bridgehead atoms. The van der Waals surface area contributed by atoms with E-state index in [2.05, 4.69) is 52.5 Å². The number of likely N-dealkylation sites (tertiary alicyclic amines) is 1. The third kappa shape index (κ3) is 4.37. The molecule has 5 nitrogen and oxygen atoms in total. The quantitative estimate of drug-likeness (QED) is 0.732. The van der Waals surface area contributed by atoms with Gasteiger partial charge in [-0.1, -0.05) is 42.0 Å². The number of benzene rings is 2. The van der Waals surface area contributed by atoms with Gasteiger partial charge in [0.25, 0.3) is 0 Å². The Labute approximate surface area is 159 Å². The van der Waals surface area contributed by atoms with Crippen LogP contribution in [0.3, 0.4) is 0 Å².